The maximum atomic E-state index is 13.3. The highest BCUT2D eigenvalue weighted by Gasteiger charge is 2.62. The molecule has 5 rings (SSSR count). The fraction of sp³-hybridized carbons (Fsp3) is 0.724. The van der Waals surface area contributed by atoms with E-state index in [1.165, 1.54) is 24.1 Å². The highest BCUT2D eigenvalue weighted by molar-refractivity contribution is 5.26. The van der Waals surface area contributed by atoms with Crippen LogP contribution in [0.25, 0.3) is 0 Å². The van der Waals surface area contributed by atoms with Gasteiger partial charge in [0.2, 0.25) is 0 Å². The molecular weight excluding hydrogens is 415 g/mol. The highest BCUT2D eigenvalue weighted by atomic mass is 19.1. The zero-order valence-electron chi connectivity index (χ0n) is 20.4. The first-order valence-corrected chi connectivity index (χ1v) is 13.1. The summed E-state index contributed by atoms with van der Waals surface area (Å²) in [5, 5.41) is 33.1. The van der Waals surface area contributed by atoms with Crippen molar-refractivity contribution in [3.05, 3.63) is 47.3 Å². The molecule has 4 aliphatic rings. The zero-order valence-corrected chi connectivity index (χ0v) is 20.4. The summed E-state index contributed by atoms with van der Waals surface area (Å²) in [7, 11) is 0. The topological polar surface area (TPSA) is 60.7 Å². The monoisotopic (exact) mass is 456 g/mol. The molecule has 3 fully saturated rings. The lowest BCUT2D eigenvalue weighted by Crippen LogP contribution is -2.56. The number of aliphatic hydroxyl groups excluding tert-OH is 2. The zero-order chi connectivity index (χ0) is 23.6. The van der Waals surface area contributed by atoms with Crippen molar-refractivity contribution in [1.29, 1.82) is 0 Å². The second-order valence-corrected chi connectivity index (χ2v) is 12.4. The van der Waals surface area contributed by atoms with Crippen molar-refractivity contribution in [3.63, 3.8) is 0 Å². The summed E-state index contributed by atoms with van der Waals surface area (Å²) in [6, 6.07) is 6.24. The predicted molar refractivity (Wildman–Crippen MR) is 128 cm³/mol. The summed E-state index contributed by atoms with van der Waals surface area (Å²) in [4.78, 5) is 0. The smallest absolute Gasteiger partial charge is 0.123 e. The molecule has 182 valence electrons. The third kappa shape index (κ3) is 3.72. The summed E-state index contributed by atoms with van der Waals surface area (Å²) in [5.41, 5.74) is 1.39. The van der Waals surface area contributed by atoms with Crippen molar-refractivity contribution in [2.75, 3.05) is 0 Å². The molecule has 0 bridgehead atoms. The molecule has 4 heteroatoms. The second-order valence-electron chi connectivity index (χ2n) is 12.4. The van der Waals surface area contributed by atoms with Gasteiger partial charge >= 0.3 is 0 Å². The van der Waals surface area contributed by atoms with Gasteiger partial charge in [0.05, 0.1) is 17.8 Å². The summed E-state index contributed by atoms with van der Waals surface area (Å²) >= 11 is 0. The van der Waals surface area contributed by atoms with Gasteiger partial charge in [-0.05, 0) is 110 Å². The van der Waals surface area contributed by atoms with Gasteiger partial charge in [-0.1, -0.05) is 37.6 Å². The minimum Gasteiger partial charge on any atom is -0.393 e. The molecule has 0 heterocycles. The minimum absolute atomic E-state index is 0.0182. The van der Waals surface area contributed by atoms with Crippen LogP contribution in [0, 0.1) is 40.3 Å². The quantitative estimate of drug-likeness (QED) is 0.530. The van der Waals surface area contributed by atoms with E-state index in [9.17, 15) is 19.7 Å². The SMILES string of the molecule is C[C@](O)([C@H]1CC[C@H]2[C@@H]3CC=C4C[C@@H](O)CC[C@]4(C)[C@H]3CC[C@]12C)[C@@H](O)Cc1ccc(F)cc1. The van der Waals surface area contributed by atoms with Crippen molar-refractivity contribution in [2.24, 2.45) is 34.5 Å². The van der Waals surface area contributed by atoms with E-state index in [0.29, 0.717) is 24.2 Å². The fourth-order valence-corrected chi connectivity index (χ4v) is 8.88. The van der Waals surface area contributed by atoms with Gasteiger partial charge in [-0.15, -0.1) is 0 Å². The molecule has 3 nitrogen and oxygen atoms in total. The summed E-state index contributed by atoms with van der Waals surface area (Å²) in [6.45, 7) is 6.64. The number of halogens is 1. The van der Waals surface area contributed by atoms with Crippen LogP contribution in [0.3, 0.4) is 0 Å². The molecule has 4 aliphatic carbocycles. The molecule has 1 aromatic carbocycles. The Labute approximate surface area is 198 Å². The molecule has 9 atom stereocenters. The first-order valence-electron chi connectivity index (χ1n) is 13.1. The van der Waals surface area contributed by atoms with E-state index in [2.05, 4.69) is 19.9 Å². The average molecular weight is 457 g/mol. The molecule has 1 aromatic rings. The molecule has 0 unspecified atom stereocenters. The molecule has 0 amide bonds. The van der Waals surface area contributed by atoms with Crippen LogP contribution in [0.4, 0.5) is 4.39 Å². The fourth-order valence-electron chi connectivity index (χ4n) is 8.88. The lowest BCUT2D eigenvalue weighted by molar-refractivity contribution is -0.148. The van der Waals surface area contributed by atoms with Crippen LogP contribution in [0.2, 0.25) is 0 Å². The molecule has 3 N–H and O–H groups in total. The largest absolute Gasteiger partial charge is 0.393 e. The Morgan fingerprint density at radius 3 is 2.52 bits per heavy atom. The van der Waals surface area contributed by atoms with Crippen LogP contribution < -0.4 is 0 Å². The van der Waals surface area contributed by atoms with Gasteiger partial charge in [0.1, 0.15) is 5.82 Å². The summed E-state index contributed by atoms with van der Waals surface area (Å²) in [5.74, 6) is 1.62. The Morgan fingerprint density at radius 1 is 1.06 bits per heavy atom. The van der Waals surface area contributed by atoms with E-state index < -0.39 is 11.7 Å². The van der Waals surface area contributed by atoms with Gasteiger partial charge in [-0.2, -0.15) is 0 Å². The van der Waals surface area contributed by atoms with Crippen LogP contribution >= 0.6 is 0 Å². The van der Waals surface area contributed by atoms with Crippen LogP contribution in [-0.2, 0) is 6.42 Å². The molecule has 0 saturated heterocycles. The average Bonchev–Trinajstić information content (AvgIpc) is 3.14. The number of rotatable bonds is 4. The van der Waals surface area contributed by atoms with Gasteiger partial charge < -0.3 is 15.3 Å². The van der Waals surface area contributed by atoms with Gasteiger partial charge in [0.15, 0.2) is 0 Å². The van der Waals surface area contributed by atoms with Crippen LogP contribution in [0.15, 0.2) is 35.9 Å². The van der Waals surface area contributed by atoms with E-state index in [-0.39, 0.29) is 28.7 Å². The molecule has 3 saturated carbocycles. The highest BCUT2D eigenvalue weighted by Crippen LogP contribution is 2.67. The summed E-state index contributed by atoms with van der Waals surface area (Å²) < 4.78 is 13.3. The van der Waals surface area contributed by atoms with E-state index in [1.54, 1.807) is 12.1 Å². The first-order chi connectivity index (χ1) is 15.6. The first kappa shape index (κ1) is 23.5. The van der Waals surface area contributed by atoms with E-state index in [4.69, 9.17) is 0 Å². The Kier molecular flexibility index (Phi) is 5.82. The van der Waals surface area contributed by atoms with E-state index in [0.717, 1.165) is 50.5 Å². The lowest BCUT2D eigenvalue weighted by Gasteiger charge is -2.59. The van der Waals surface area contributed by atoms with Crippen molar-refractivity contribution in [2.45, 2.75) is 96.4 Å². The number of hydrogen-bond acceptors (Lipinski definition) is 3. The number of benzene rings is 1. The molecule has 0 aromatic heterocycles. The van der Waals surface area contributed by atoms with Crippen LogP contribution in [-0.4, -0.2) is 33.1 Å². The number of aliphatic hydroxyl groups is 3. The maximum Gasteiger partial charge on any atom is 0.123 e. The van der Waals surface area contributed by atoms with Crippen LogP contribution in [0.5, 0.6) is 0 Å². The molecule has 0 radical (unpaired) electrons. The second kappa shape index (κ2) is 8.17. The van der Waals surface area contributed by atoms with Gasteiger partial charge in [-0.3, -0.25) is 0 Å². The van der Waals surface area contributed by atoms with Gasteiger partial charge in [-0.25, -0.2) is 4.39 Å². The van der Waals surface area contributed by atoms with Crippen molar-refractivity contribution in [3.8, 4) is 0 Å². The van der Waals surface area contributed by atoms with E-state index in [1.807, 2.05) is 6.92 Å². The van der Waals surface area contributed by atoms with Crippen LogP contribution in [0.1, 0.15) is 77.7 Å². The number of fused-ring (bicyclic) bond motifs is 5. The Hall–Kier alpha value is -1.23. The predicted octanol–water partition coefficient (Wildman–Crippen LogP) is 5.42. The van der Waals surface area contributed by atoms with E-state index >= 15 is 0 Å². The third-order valence-corrected chi connectivity index (χ3v) is 10.8. The minimum atomic E-state index is -1.18. The van der Waals surface area contributed by atoms with Gasteiger partial charge in [0, 0.05) is 6.42 Å². The van der Waals surface area contributed by atoms with Gasteiger partial charge in [0.25, 0.3) is 0 Å². The van der Waals surface area contributed by atoms with Crippen molar-refractivity contribution < 1.29 is 19.7 Å². The Bertz CT molecular complexity index is 908. The Balaban J connectivity index is 1.37. The Morgan fingerprint density at radius 2 is 1.79 bits per heavy atom. The molecular formula is C29H41FO3. The summed E-state index contributed by atoms with van der Waals surface area (Å²) in [6.07, 6.45) is 9.98. The molecule has 0 aliphatic heterocycles. The third-order valence-electron chi connectivity index (χ3n) is 10.8. The number of allylic oxidation sites excluding steroid dienone is 1. The maximum absolute atomic E-state index is 13.3. The van der Waals surface area contributed by atoms with Crippen molar-refractivity contribution >= 4 is 0 Å². The molecule has 33 heavy (non-hydrogen) atoms. The van der Waals surface area contributed by atoms with Crippen molar-refractivity contribution in [1.82, 2.24) is 0 Å². The number of hydrogen-bond donors (Lipinski definition) is 3. The molecule has 0 spiro atoms. The normalized spacial score (nSPS) is 43.0. The lowest BCUT2D eigenvalue weighted by atomic mass is 9.46. The standard InChI is InChI=1S/C29H41FO3/c1-27-14-12-21(31)17-19(27)6-9-22-23-10-11-25(28(23,2)15-13-24(22)27)29(3,33)26(32)16-18-4-7-20(30)8-5-18/h4-8,21-26,31-33H,9-17H2,1-3H3/t21-,22-,23-,24-,25-,26-,27-,28-,29-/m0/s1.